The molecule has 0 radical (unpaired) electrons. The van der Waals surface area contributed by atoms with Crippen LogP contribution in [0, 0.1) is 6.92 Å². The number of aryl methyl sites for hydroxylation is 1. The molecule has 0 aliphatic heterocycles. The fourth-order valence-corrected chi connectivity index (χ4v) is 2.13. The van der Waals surface area contributed by atoms with Gasteiger partial charge in [-0.1, -0.05) is 19.1 Å². The number of nitrogens with one attached hydrogen (secondary N) is 3. The Balaban J connectivity index is 2.82. The highest BCUT2D eigenvalue weighted by atomic mass is 16.5. The van der Waals surface area contributed by atoms with Crippen LogP contribution in [0.25, 0.3) is 0 Å². The molecule has 1 atom stereocenters. The molecular formula is C19H32N4O2. The van der Waals surface area contributed by atoms with Crippen LogP contribution in [0.2, 0.25) is 0 Å². The lowest BCUT2D eigenvalue weighted by molar-refractivity contribution is -0.119. The van der Waals surface area contributed by atoms with Crippen LogP contribution in [-0.2, 0) is 11.3 Å². The number of guanidine groups is 1. The Kier molecular flexibility index (Phi) is 9.43. The molecule has 0 heterocycles. The third-order valence-corrected chi connectivity index (χ3v) is 3.67. The van der Waals surface area contributed by atoms with Crippen LogP contribution in [0.3, 0.4) is 0 Å². The van der Waals surface area contributed by atoms with E-state index in [9.17, 15) is 4.79 Å². The summed E-state index contributed by atoms with van der Waals surface area (Å²) in [4.78, 5) is 16.2. The Bertz CT molecular complexity index is 573. The first-order chi connectivity index (χ1) is 12.0. The molecule has 25 heavy (non-hydrogen) atoms. The van der Waals surface area contributed by atoms with Crippen molar-refractivity contribution < 1.29 is 9.53 Å². The minimum absolute atomic E-state index is 0.0516. The number of ether oxygens (including phenoxy) is 1. The summed E-state index contributed by atoms with van der Waals surface area (Å²) >= 11 is 0. The van der Waals surface area contributed by atoms with E-state index in [1.54, 1.807) is 0 Å². The number of likely N-dealkylation sites (N-methyl/N-ethyl adjacent to an activating group) is 1. The lowest BCUT2D eigenvalue weighted by Gasteiger charge is -2.17. The highest BCUT2D eigenvalue weighted by molar-refractivity contribution is 5.86. The van der Waals surface area contributed by atoms with Crippen molar-refractivity contribution in [3.05, 3.63) is 29.3 Å². The highest BCUT2D eigenvalue weighted by Crippen LogP contribution is 2.23. The molecule has 1 amide bonds. The molecule has 0 saturated heterocycles. The number of carbonyl (C=O) groups excluding carboxylic acids is 1. The van der Waals surface area contributed by atoms with E-state index < -0.39 is 0 Å². The first kappa shape index (κ1) is 20.8. The first-order valence-corrected chi connectivity index (χ1v) is 9.05. The molecule has 1 aromatic rings. The molecule has 1 aromatic carbocycles. The van der Waals surface area contributed by atoms with Crippen LogP contribution in [0.5, 0.6) is 5.75 Å². The molecule has 6 heteroatoms. The second kappa shape index (κ2) is 11.3. The van der Waals surface area contributed by atoms with Gasteiger partial charge in [0, 0.05) is 18.7 Å². The molecule has 0 fully saturated rings. The summed E-state index contributed by atoms with van der Waals surface area (Å²) in [6.45, 7) is 12.1. The second-order valence-corrected chi connectivity index (χ2v) is 5.95. The van der Waals surface area contributed by atoms with Gasteiger partial charge in [-0.15, -0.1) is 0 Å². The van der Waals surface area contributed by atoms with Gasteiger partial charge in [0.05, 0.1) is 19.2 Å². The highest BCUT2D eigenvalue weighted by Gasteiger charge is 2.08. The van der Waals surface area contributed by atoms with Crippen molar-refractivity contribution in [1.29, 1.82) is 0 Å². The summed E-state index contributed by atoms with van der Waals surface area (Å²) < 4.78 is 6.02. The van der Waals surface area contributed by atoms with E-state index in [1.165, 1.54) is 0 Å². The zero-order chi connectivity index (χ0) is 18.7. The van der Waals surface area contributed by atoms with Crippen LogP contribution in [-0.4, -0.2) is 37.6 Å². The first-order valence-electron chi connectivity index (χ1n) is 9.05. The predicted octanol–water partition coefficient (Wildman–Crippen LogP) is 2.36. The van der Waals surface area contributed by atoms with E-state index in [2.05, 4.69) is 47.8 Å². The number of hydrogen-bond acceptors (Lipinski definition) is 3. The number of carbonyl (C=O) groups is 1. The molecule has 0 aliphatic rings. The van der Waals surface area contributed by atoms with Crippen molar-refractivity contribution >= 4 is 11.9 Å². The molecule has 6 nitrogen and oxygen atoms in total. The summed E-state index contributed by atoms with van der Waals surface area (Å²) in [5.74, 6) is 1.44. The van der Waals surface area contributed by atoms with E-state index in [-0.39, 0.29) is 18.6 Å². The van der Waals surface area contributed by atoms with E-state index in [0.717, 1.165) is 29.8 Å². The number of amides is 1. The third-order valence-electron chi connectivity index (χ3n) is 3.67. The second-order valence-electron chi connectivity index (χ2n) is 5.95. The summed E-state index contributed by atoms with van der Waals surface area (Å²) in [5, 5.41) is 8.95. The Hall–Kier alpha value is -2.24. The van der Waals surface area contributed by atoms with Crippen molar-refractivity contribution in [2.45, 2.75) is 53.7 Å². The Morgan fingerprint density at radius 2 is 1.88 bits per heavy atom. The normalized spacial score (nSPS) is 12.4. The molecule has 0 spiro atoms. The molecular weight excluding hydrogens is 316 g/mol. The molecule has 0 aliphatic carbocycles. The Labute approximate surface area is 151 Å². The van der Waals surface area contributed by atoms with Gasteiger partial charge in [-0.2, -0.15) is 0 Å². The topological polar surface area (TPSA) is 74.8 Å². The largest absolute Gasteiger partial charge is 0.490 e. The van der Waals surface area contributed by atoms with E-state index in [0.29, 0.717) is 19.0 Å². The van der Waals surface area contributed by atoms with E-state index in [1.807, 2.05) is 26.0 Å². The molecule has 1 unspecified atom stereocenters. The number of aliphatic imine (C=N–C) groups is 1. The Morgan fingerprint density at radius 3 is 2.52 bits per heavy atom. The van der Waals surface area contributed by atoms with E-state index in [4.69, 9.17) is 4.74 Å². The molecule has 0 bridgehead atoms. The van der Waals surface area contributed by atoms with Gasteiger partial charge in [-0.3, -0.25) is 4.79 Å². The van der Waals surface area contributed by atoms with Crippen molar-refractivity contribution in [2.24, 2.45) is 4.99 Å². The summed E-state index contributed by atoms with van der Waals surface area (Å²) in [7, 11) is 0. The van der Waals surface area contributed by atoms with Crippen molar-refractivity contribution in [3.8, 4) is 5.75 Å². The summed E-state index contributed by atoms with van der Waals surface area (Å²) in [5.41, 5.74) is 2.19. The molecule has 0 saturated carbocycles. The maximum atomic E-state index is 11.6. The van der Waals surface area contributed by atoms with Gasteiger partial charge in [0.15, 0.2) is 5.96 Å². The maximum Gasteiger partial charge on any atom is 0.239 e. The minimum Gasteiger partial charge on any atom is -0.490 e. The minimum atomic E-state index is -0.0516. The van der Waals surface area contributed by atoms with Gasteiger partial charge in [-0.25, -0.2) is 4.99 Å². The van der Waals surface area contributed by atoms with Gasteiger partial charge in [0.2, 0.25) is 5.91 Å². The summed E-state index contributed by atoms with van der Waals surface area (Å²) in [6, 6.07) is 6.15. The number of hydrogen-bond donors (Lipinski definition) is 3. The number of rotatable bonds is 9. The predicted molar refractivity (Wildman–Crippen MR) is 103 cm³/mol. The number of nitrogens with zero attached hydrogens (tertiary/aromatic N) is 1. The standard InChI is InChI=1S/C19H32N4O2/c1-6-15(5)25-17-11-14(4)9-10-16(17)12-22-19(21-8-3)23-13-18(24)20-7-2/h9-11,15H,6-8,12-13H2,1-5H3,(H,20,24)(H2,21,22,23). The lowest BCUT2D eigenvalue weighted by atomic mass is 10.1. The summed E-state index contributed by atoms with van der Waals surface area (Å²) in [6.07, 6.45) is 1.11. The zero-order valence-electron chi connectivity index (χ0n) is 16.1. The fraction of sp³-hybridized carbons (Fsp3) is 0.579. The van der Waals surface area contributed by atoms with Crippen LogP contribution >= 0.6 is 0 Å². The number of benzene rings is 1. The average molecular weight is 348 g/mol. The van der Waals surface area contributed by atoms with Crippen molar-refractivity contribution in [2.75, 3.05) is 19.6 Å². The van der Waals surface area contributed by atoms with Gasteiger partial charge >= 0.3 is 0 Å². The van der Waals surface area contributed by atoms with Gasteiger partial charge < -0.3 is 20.7 Å². The monoisotopic (exact) mass is 348 g/mol. The van der Waals surface area contributed by atoms with Gasteiger partial charge in [0.25, 0.3) is 0 Å². The molecule has 3 N–H and O–H groups in total. The molecule has 1 rings (SSSR count). The Morgan fingerprint density at radius 1 is 1.16 bits per heavy atom. The van der Waals surface area contributed by atoms with Gasteiger partial charge in [-0.05, 0) is 45.7 Å². The van der Waals surface area contributed by atoms with Crippen LogP contribution in [0.1, 0.15) is 45.2 Å². The van der Waals surface area contributed by atoms with Crippen molar-refractivity contribution in [1.82, 2.24) is 16.0 Å². The smallest absolute Gasteiger partial charge is 0.239 e. The third kappa shape index (κ3) is 7.92. The van der Waals surface area contributed by atoms with Crippen LogP contribution < -0.4 is 20.7 Å². The van der Waals surface area contributed by atoms with Crippen LogP contribution in [0.15, 0.2) is 23.2 Å². The average Bonchev–Trinajstić information content (AvgIpc) is 2.58. The fourth-order valence-electron chi connectivity index (χ4n) is 2.13. The zero-order valence-corrected chi connectivity index (χ0v) is 16.1. The van der Waals surface area contributed by atoms with Gasteiger partial charge in [0.1, 0.15) is 5.75 Å². The maximum absolute atomic E-state index is 11.6. The quantitative estimate of drug-likeness (QED) is 0.473. The van der Waals surface area contributed by atoms with Crippen LogP contribution in [0.4, 0.5) is 0 Å². The SMILES string of the molecule is CCNC(=O)CNC(=NCc1ccc(C)cc1OC(C)CC)NCC. The van der Waals surface area contributed by atoms with Crippen molar-refractivity contribution in [3.63, 3.8) is 0 Å². The molecule has 140 valence electrons. The van der Waals surface area contributed by atoms with E-state index >= 15 is 0 Å². The molecule has 0 aromatic heterocycles. The lowest BCUT2D eigenvalue weighted by Crippen LogP contribution is -2.43.